The van der Waals surface area contributed by atoms with Gasteiger partial charge in [-0.2, -0.15) is 0 Å². The summed E-state index contributed by atoms with van der Waals surface area (Å²) in [6.45, 7) is 0.706. The van der Waals surface area contributed by atoms with E-state index in [1.807, 2.05) is 6.20 Å². The van der Waals surface area contributed by atoms with Crippen LogP contribution in [0.2, 0.25) is 5.15 Å². The van der Waals surface area contributed by atoms with Crippen LogP contribution in [0.25, 0.3) is 0 Å². The van der Waals surface area contributed by atoms with Crippen molar-refractivity contribution in [2.45, 2.75) is 6.54 Å². The Morgan fingerprint density at radius 3 is 3.07 bits per heavy atom. The fraction of sp³-hybridized carbons (Fsp3) is 0.125. The van der Waals surface area contributed by atoms with Gasteiger partial charge in [-0.1, -0.05) is 11.6 Å². The lowest BCUT2D eigenvalue weighted by Crippen LogP contribution is -1.99. The summed E-state index contributed by atoms with van der Waals surface area (Å²) in [4.78, 5) is 12.9. The van der Waals surface area contributed by atoms with Crippen LogP contribution in [0.1, 0.15) is 4.88 Å². The highest BCUT2D eigenvalue weighted by Gasteiger charge is 1.97. The Balaban J connectivity index is 1.98. The molecule has 0 bridgehead atoms. The summed E-state index contributed by atoms with van der Waals surface area (Å²) in [5.41, 5.74) is 1.80. The van der Waals surface area contributed by atoms with Crippen LogP contribution in [0, 0.1) is 0 Å². The molecule has 1 N–H and O–H groups in total. The van der Waals surface area contributed by atoms with E-state index in [1.165, 1.54) is 6.33 Å². The van der Waals surface area contributed by atoms with Gasteiger partial charge in [-0.15, -0.1) is 11.3 Å². The van der Waals surface area contributed by atoms with E-state index in [0.717, 1.165) is 10.7 Å². The van der Waals surface area contributed by atoms with Crippen molar-refractivity contribution in [3.8, 4) is 0 Å². The molecule has 6 heteroatoms. The molecule has 0 saturated heterocycles. The molecule has 0 spiro atoms. The highest BCUT2D eigenvalue weighted by Crippen LogP contribution is 2.11. The van der Waals surface area contributed by atoms with Crippen molar-refractivity contribution in [3.05, 3.63) is 34.1 Å². The zero-order chi connectivity index (χ0) is 9.80. The van der Waals surface area contributed by atoms with Crippen molar-refractivity contribution < 1.29 is 0 Å². The fourth-order valence-electron chi connectivity index (χ4n) is 0.937. The number of nitrogens with one attached hydrogen (secondary N) is 1. The molecule has 0 atom stereocenters. The third-order valence-corrected chi connectivity index (χ3v) is 2.55. The second-order valence-electron chi connectivity index (χ2n) is 2.55. The second-order valence-corrected chi connectivity index (χ2v) is 3.91. The van der Waals surface area contributed by atoms with E-state index < -0.39 is 0 Å². The summed E-state index contributed by atoms with van der Waals surface area (Å²) in [6.07, 6.45) is 3.25. The van der Waals surface area contributed by atoms with Crippen LogP contribution in [0.15, 0.2) is 24.1 Å². The Labute approximate surface area is 90.0 Å². The minimum absolute atomic E-state index is 0.437. The Bertz CT molecular complexity index is 403. The van der Waals surface area contributed by atoms with Gasteiger partial charge in [0, 0.05) is 17.1 Å². The van der Waals surface area contributed by atoms with Crippen LogP contribution < -0.4 is 5.32 Å². The number of halogens is 1. The number of rotatable bonds is 3. The number of aromatic nitrogens is 3. The number of hydrogen-bond donors (Lipinski definition) is 1. The third kappa shape index (κ3) is 2.40. The average Bonchev–Trinajstić information content (AvgIpc) is 2.67. The summed E-state index contributed by atoms with van der Waals surface area (Å²) in [7, 11) is 0. The molecule has 0 unspecified atom stereocenters. The lowest BCUT2D eigenvalue weighted by molar-refractivity contribution is 1.09. The Morgan fingerprint density at radius 1 is 1.43 bits per heavy atom. The van der Waals surface area contributed by atoms with E-state index in [2.05, 4.69) is 20.3 Å². The number of hydrogen-bond acceptors (Lipinski definition) is 5. The lowest BCUT2D eigenvalue weighted by atomic mass is 10.5. The zero-order valence-electron chi connectivity index (χ0n) is 7.14. The first kappa shape index (κ1) is 9.36. The number of anilines is 1. The van der Waals surface area contributed by atoms with Gasteiger partial charge in [0.2, 0.25) is 0 Å². The molecule has 0 aliphatic heterocycles. The molecule has 0 radical (unpaired) electrons. The van der Waals surface area contributed by atoms with E-state index in [9.17, 15) is 0 Å². The molecule has 0 aliphatic rings. The van der Waals surface area contributed by atoms with Crippen LogP contribution in [0.4, 0.5) is 5.82 Å². The highest BCUT2D eigenvalue weighted by molar-refractivity contribution is 7.09. The maximum absolute atomic E-state index is 5.70. The van der Waals surface area contributed by atoms with Gasteiger partial charge < -0.3 is 5.32 Å². The molecule has 72 valence electrons. The smallest absolute Gasteiger partial charge is 0.134 e. The van der Waals surface area contributed by atoms with Crippen molar-refractivity contribution in [1.82, 2.24) is 15.0 Å². The first-order valence-corrected chi connectivity index (χ1v) is 5.19. The van der Waals surface area contributed by atoms with Gasteiger partial charge in [-0.3, -0.25) is 4.98 Å². The summed E-state index contributed by atoms with van der Waals surface area (Å²) in [5, 5.41) is 3.56. The van der Waals surface area contributed by atoms with Crippen molar-refractivity contribution in [2.24, 2.45) is 0 Å². The maximum Gasteiger partial charge on any atom is 0.134 e. The van der Waals surface area contributed by atoms with E-state index in [-0.39, 0.29) is 0 Å². The molecule has 2 rings (SSSR count). The number of nitrogens with zero attached hydrogens (tertiary/aromatic N) is 3. The minimum Gasteiger partial charge on any atom is -0.365 e. The first-order valence-electron chi connectivity index (χ1n) is 3.93. The molecule has 0 aromatic carbocycles. The molecule has 0 fully saturated rings. The van der Waals surface area contributed by atoms with E-state index >= 15 is 0 Å². The molecule has 2 aromatic rings. The van der Waals surface area contributed by atoms with Crippen LogP contribution >= 0.6 is 22.9 Å². The van der Waals surface area contributed by atoms with Crippen LogP contribution in [-0.2, 0) is 6.54 Å². The molecule has 2 aromatic heterocycles. The SMILES string of the molecule is Clc1cc(NCc2cncs2)ncn1. The second kappa shape index (κ2) is 4.34. The number of thiazole rings is 1. The van der Waals surface area contributed by atoms with Crippen LogP contribution in [0.3, 0.4) is 0 Å². The standard InChI is InChI=1S/C8H7ClN4S/c9-7-1-8(13-4-12-7)11-3-6-2-10-5-14-6/h1-2,4-5H,3H2,(H,11,12,13). The molecule has 0 saturated carbocycles. The van der Waals surface area contributed by atoms with Crippen molar-refractivity contribution in [2.75, 3.05) is 5.32 Å². The predicted molar refractivity (Wildman–Crippen MR) is 56.5 cm³/mol. The third-order valence-electron chi connectivity index (χ3n) is 1.56. The largest absolute Gasteiger partial charge is 0.365 e. The molecule has 0 aliphatic carbocycles. The molecular formula is C8H7ClN4S. The Hall–Kier alpha value is -1.20. The van der Waals surface area contributed by atoms with Gasteiger partial charge in [0.1, 0.15) is 17.3 Å². The fourth-order valence-corrected chi connectivity index (χ4v) is 1.62. The monoisotopic (exact) mass is 226 g/mol. The minimum atomic E-state index is 0.437. The highest BCUT2D eigenvalue weighted by atomic mass is 35.5. The van der Waals surface area contributed by atoms with Crippen LogP contribution in [0.5, 0.6) is 0 Å². The van der Waals surface area contributed by atoms with Crippen molar-refractivity contribution >= 4 is 28.8 Å². The summed E-state index contributed by atoms with van der Waals surface area (Å²) in [5.74, 6) is 0.721. The van der Waals surface area contributed by atoms with Gasteiger partial charge >= 0.3 is 0 Å². The van der Waals surface area contributed by atoms with Gasteiger partial charge in [-0.25, -0.2) is 9.97 Å². The molecule has 14 heavy (non-hydrogen) atoms. The van der Waals surface area contributed by atoms with E-state index in [1.54, 1.807) is 22.9 Å². The Kier molecular flexibility index (Phi) is 2.90. The lowest BCUT2D eigenvalue weighted by Gasteiger charge is -2.02. The Morgan fingerprint density at radius 2 is 2.36 bits per heavy atom. The summed E-state index contributed by atoms with van der Waals surface area (Å²) >= 11 is 7.30. The van der Waals surface area contributed by atoms with Gasteiger partial charge in [-0.05, 0) is 0 Å². The van der Waals surface area contributed by atoms with Gasteiger partial charge in [0.15, 0.2) is 0 Å². The summed E-state index contributed by atoms with van der Waals surface area (Å²) < 4.78 is 0. The molecular weight excluding hydrogens is 220 g/mol. The van der Waals surface area contributed by atoms with E-state index in [4.69, 9.17) is 11.6 Å². The topological polar surface area (TPSA) is 50.7 Å². The first-order chi connectivity index (χ1) is 6.84. The van der Waals surface area contributed by atoms with Gasteiger partial charge in [0.25, 0.3) is 0 Å². The zero-order valence-corrected chi connectivity index (χ0v) is 8.72. The maximum atomic E-state index is 5.70. The quantitative estimate of drug-likeness (QED) is 0.816. The van der Waals surface area contributed by atoms with Crippen molar-refractivity contribution in [1.29, 1.82) is 0 Å². The molecule has 0 amide bonds. The average molecular weight is 227 g/mol. The van der Waals surface area contributed by atoms with E-state index in [0.29, 0.717) is 11.7 Å². The predicted octanol–water partition coefficient (Wildman–Crippen LogP) is 2.20. The molecule has 4 nitrogen and oxygen atoms in total. The van der Waals surface area contributed by atoms with Crippen molar-refractivity contribution in [3.63, 3.8) is 0 Å². The van der Waals surface area contributed by atoms with Gasteiger partial charge in [0.05, 0.1) is 12.1 Å². The summed E-state index contributed by atoms with van der Waals surface area (Å²) in [6, 6.07) is 1.68. The normalized spacial score (nSPS) is 10.1. The molecule has 2 heterocycles. The van der Waals surface area contributed by atoms with Crippen LogP contribution in [-0.4, -0.2) is 15.0 Å².